The average molecular weight is 420 g/mol. The Morgan fingerprint density at radius 3 is 2.56 bits per heavy atom. The highest BCUT2D eigenvalue weighted by Gasteiger charge is 2.34. The van der Waals surface area contributed by atoms with Crippen LogP contribution in [-0.4, -0.2) is 68.7 Å². The fourth-order valence-corrected chi connectivity index (χ4v) is 4.16. The van der Waals surface area contributed by atoms with Crippen molar-refractivity contribution in [2.24, 2.45) is 0 Å². The fraction of sp³-hybridized carbons (Fsp3) is 0.500. The van der Waals surface area contributed by atoms with Crippen molar-refractivity contribution in [2.75, 3.05) is 32.8 Å². The lowest BCUT2D eigenvalue weighted by Gasteiger charge is -2.34. The first kappa shape index (κ1) is 21.6. The number of hydrogen-bond acceptors (Lipinski definition) is 6. The standard InChI is InChI=1S/C16H22ClN3O6S/c17-12-3-5-13(6-4-12)27(24,25)20-8-2-10-26-14(20)11-19-16(23)15(22)18-7-1-9-21/h3-6,14,21H,1-2,7-11H2,(H,18,22)(H,19,23)/t14-/m1/s1. The van der Waals surface area contributed by atoms with E-state index in [0.717, 1.165) is 4.31 Å². The topological polar surface area (TPSA) is 125 Å². The summed E-state index contributed by atoms with van der Waals surface area (Å²) in [4.78, 5) is 23.5. The molecule has 3 N–H and O–H groups in total. The number of benzene rings is 1. The van der Waals surface area contributed by atoms with E-state index in [1.807, 2.05) is 0 Å². The van der Waals surface area contributed by atoms with Crippen LogP contribution in [0.5, 0.6) is 0 Å². The highest BCUT2D eigenvalue weighted by Crippen LogP contribution is 2.23. The van der Waals surface area contributed by atoms with Crippen LogP contribution in [0.3, 0.4) is 0 Å². The molecule has 2 rings (SSSR count). The molecule has 1 atom stereocenters. The van der Waals surface area contributed by atoms with Crippen molar-refractivity contribution < 1.29 is 27.9 Å². The highest BCUT2D eigenvalue weighted by molar-refractivity contribution is 7.89. The number of rotatable bonds is 7. The van der Waals surface area contributed by atoms with Gasteiger partial charge in [-0.3, -0.25) is 9.59 Å². The number of nitrogens with zero attached hydrogens (tertiary/aromatic N) is 1. The van der Waals surface area contributed by atoms with Gasteiger partial charge in [-0.25, -0.2) is 8.42 Å². The summed E-state index contributed by atoms with van der Waals surface area (Å²) in [6, 6.07) is 5.76. The van der Waals surface area contributed by atoms with Crippen molar-refractivity contribution in [1.82, 2.24) is 14.9 Å². The third-order valence-corrected chi connectivity index (χ3v) is 5.99. The van der Waals surface area contributed by atoms with Gasteiger partial charge in [0.25, 0.3) is 0 Å². The summed E-state index contributed by atoms with van der Waals surface area (Å²) < 4.78 is 32.3. The first-order valence-corrected chi connectivity index (χ1v) is 10.2. The second kappa shape index (κ2) is 10.00. The predicted molar refractivity (Wildman–Crippen MR) is 97.4 cm³/mol. The predicted octanol–water partition coefficient (Wildman–Crippen LogP) is -0.308. The number of nitrogens with one attached hydrogen (secondary N) is 2. The van der Waals surface area contributed by atoms with E-state index in [-0.39, 0.29) is 31.1 Å². The van der Waals surface area contributed by atoms with E-state index in [9.17, 15) is 18.0 Å². The summed E-state index contributed by atoms with van der Waals surface area (Å²) >= 11 is 5.80. The SMILES string of the molecule is O=C(NCCCO)C(=O)NC[C@H]1OCCCN1S(=O)(=O)c1ccc(Cl)cc1. The van der Waals surface area contributed by atoms with E-state index in [0.29, 0.717) is 24.5 Å². The zero-order chi connectivity index (χ0) is 19.9. The molecule has 0 bridgehead atoms. The van der Waals surface area contributed by atoms with Crippen LogP contribution < -0.4 is 10.6 Å². The molecule has 11 heteroatoms. The van der Waals surface area contributed by atoms with Crippen LogP contribution in [-0.2, 0) is 24.3 Å². The maximum absolute atomic E-state index is 12.8. The molecule has 0 spiro atoms. The summed E-state index contributed by atoms with van der Waals surface area (Å²) in [6.07, 6.45) is -0.0785. The largest absolute Gasteiger partial charge is 0.396 e. The molecule has 0 saturated carbocycles. The van der Waals surface area contributed by atoms with Crippen molar-refractivity contribution in [2.45, 2.75) is 24.0 Å². The van der Waals surface area contributed by atoms with Gasteiger partial charge in [-0.1, -0.05) is 11.6 Å². The Morgan fingerprint density at radius 1 is 1.22 bits per heavy atom. The van der Waals surface area contributed by atoms with Gasteiger partial charge in [0.05, 0.1) is 18.0 Å². The number of hydrogen-bond donors (Lipinski definition) is 3. The first-order valence-electron chi connectivity index (χ1n) is 8.42. The summed E-state index contributed by atoms with van der Waals surface area (Å²) in [7, 11) is -3.84. The van der Waals surface area contributed by atoms with E-state index in [1.165, 1.54) is 24.3 Å². The molecule has 1 aromatic rings. The van der Waals surface area contributed by atoms with Gasteiger partial charge in [-0.2, -0.15) is 4.31 Å². The zero-order valence-electron chi connectivity index (χ0n) is 14.6. The van der Waals surface area contributed by atoms with Crippen molar-refractivity contribution in [3.8, 4) is 0 Å². The molecular formula is C16H22ClN3O6S. The van der Waals surface area contributed by atoms with E-state index in [1.54, 1.807) is 0 Å². The Kier molecular flexibility index (Phi) is 7.99. The van der Waals surface area contributed by atoms with Crippen LogP contribution in [0.25, 0.3) is 0 Å². The molecule has 1 aliphatic rings. The molecular weight excluding hydrogens is 398 g/mol. The van der Waals surface area contributed by atoms with Gasteiger partial charge in [0.2, 0.25) is 10.0 Å². The lowest BCUT2D eigenvalue weighted by Crippen LogP contribution is -2.53. The number of carbonyl (C=O) groups excluding carboxylic acids is 2. The Morgan fingerprint density at radius 2 is 1.89 bits per heavy atom. The number of sulfonamides is 1. The van der Waals surface area contributed by atoms with Crippen LogP contribution in [0, 0.1) is 0 Å². The highest BCUT2D eigenvalue weighted by atomic mass is 35.5. The number of carbonyl (C=O) groups is 2. The smallest absolute Gasteiger partial charge is 0.309 e. The summed E-state index contributed by atoms with van der Waals surface area (Å²) in [5.41, 5.74) is 0. The monoisotopic (exact) mass is 419 g/mol. The van der Waals surface area contributed by atoms with E-state index in [4.69, 9.17) is 21.4 Å². The molecule has 0 aliphatic carbocycles. The van der Waals surface area contributed by atoms with E-state index < -0.39 is 28.1 Å². The van der Waals surface area contributed by atoms with Crippen LogP contribution in [0.15, 0.2) is 29.2 Å². The fourth-order valence-electron chi connectivity index (χ4n) is 2.47. The molecule has 1 aliphatic heterocycles. The minimum absolute atomic E-state index is 0.0653. The second-order valence-corrected chi connectivity index (χ2v) is 8.12. The zero-order valence-corrected chi connectivity index (χ0v) is 16.1. The second-order valence-electron chi connectivity index (χ2n) is 5.79. The summed E-state index contributed by atoms with van der Waals surface area (Å²) in [6.45, 7) is 0.470. The normalized spacial score (nSPS) is 18.1. The maximum Gasteiger partial charge on any atom is 0.309 e. The van der Waals surface area contributed by atoms with Gasteiger partial charge in [0, 0.05) is 24.7 Å². The molecule has 1 aromatic carbocycles. The molecule has 1 fully saturated rings. The average Bonchev–Trinajstić information content (AvgIpc) is 2.66. The van der Waals surface area contributed by atoms with Gasteiger partial charge in [0.1, 0.15) is 6.23 Å². The van der Waals surface area contributed by atoms with Crippen LogP contribution in [0.1, 0.15) is 12.8 Å². The molecule has 1 saturated heterocycles. The summed E-state index contributed by atoms with van der Waals surface area (Å²) in [5, 5.41) is 13.8. The molecule has 9 nitrogen and oxygen atoms in total. The molecule has 0 radical (unpaired) electrons. The van der Waals surface area contributed by atoms with Gasteiger partial charge in [-0.15, -0.1) is 0 Å². The third kappa shape index (κ3) is 5.88. The minimum Gasteiger partial charge on any atom is -0.396 e. The van der Waals surface area contributed by atoms with Crippen LogP contribution in [0.2, 0.25) is 5.02 Å². The Hall–Kier alpha value is -1.72. The number of ether oxygens (including phenoxy) is 1. The van der Waals surface area contributed by atoms with Gasteiger partial charge < -0.3 is 20.5 Å². The molecule has 1 heterocycles. The minimum atomic E-state index is -3.84. The van der Waals surface area contributed by atoms with Crippen LogP contribution >= 0.6 is 11.6 Å². The Balaban J connectivity index is 2.01. The Labute approximate surface area is 162 Å². The van der Waals surface area contributed by atoms with E-state index in [2.05, 4.69) is 10.6 Å². The molecule has 150 valence electrons. The number of amides is 2. The number of aliphatic hydroxyl groups excluding tert-OH is 1. The number of halogens is 1. The van der Waals surface area contributed by atoms with Gasteiger partial charge in [-0.05, 0) is 37.1 Å². The van der Waals surface area contributed by atoms with Crippen molar-refractivity contribution in [3.05, 3.63) is 29.3 Å². The Bertz CT molecular complexity index is 756. The third-order valence-electron chi connectivity index (χ3n) is 3.84. The molecule has 2 amide bonds. The number of aliphatic hydroxyl groups is 1. The van der Waals surface area contributed by atoms with E-state index >= 15 is 0 Å². The quantitative estimate of drug-likeness (QED) is 0.411. The molecule has 0 unspecified atom stereocenters. The van der Waals surface area contributed by atoms with Crippen molar-refractivity contribution in [1.29, 1.82) is 0 Å². The van der Waals surface area contributed by atoms with Crippen molar-refractivity contribution in [3.63, 3.8) is 0 Å². The van der Waals surface area contributed by atoms with Crippen LogP contribution in [0.4, 0.5) is 0 Å². The van der Waals surface area contributed by atoms with Gasteiger partial charge in [0.15, 0.2) is 0 Å². The lowest BCUT2D eigenvalue weighted by atomic mass is 10.3. The maximum atomic E-state index is 12.8. The molecule has 27 heavy (non-hydrogen) atoms. The lowest BCUT2D eigenvalue weighted by molar-refractivity contribution is -0.140. The first-order chi connectivity index (χ1) is 12.9. The van der Waals surface area contributed by atoms with Gasteiger partial charge >= 0.3 is 11.8 Å². The summed E-state index contributed by atoms with van der Waals surface area (Å²) in [5.74, 6) is -1.75. The van der Waals surface area contributed by atoms with Crippen molar-refractivity contribution >= 4 is 33.4 Å². The molecule has 0 aromatic heterocycles.